The first-order valence-electron chi connectivity index (χ1n) is 4.98. The zero-order valence-electron chi connectivity index (χ0n) is 8.88. The van der Waals surface area contributed by atoms with E-state index >= 15 is 0 Å². The quantitative estimate of drug-likeness (QED) is 0.564. The van der Waals surface area contributed by atoms with E-state index in [1.54, 1.807) is 0 Å². The van der Waals surface area contributed by atoms with Crippen molar-refractivity contribution in [1.29, 1.82) is 0 Å². The van der Waals surface area contributed by atoms with Crippen LogP contribution in [-0.2, 0) is 0 Å². The second kappa shape index (κ2) is 5.47. The van der Waals surface area contributed by atoms with Gasteiger partial charge in [-0.05, 0) is 25.0 Å². The Morgan fingerprint density at radius 2 is 2.14 bits per heavy atom. The van der Waals surface area contributed by atoms with E-state index in [2.05, 4.69) is 49.4 Å². The van der Waals surface area contributed by atoms with Crippen LogP contribution >= 0.6 is 0 Å². The molecule has 1 heteroatoms. The molecule has 0 radical (unpaired) electrons. The molecule has 1 rings (SSSR count). The molecule has 1 N–H and O–H groups in total. The maximum atomic E-state index is 5.19. The normalized spacial score (nSPS) is 12.1. The largest absolute Gasteiger partial charge is 0.309 e. The summed E-state index contributed by atoms with van der Waals surface area (Å²) in [5.41, 5.74) is 2.68. The number of hydrogen-bond donors (Lipinski definition) is 1. The zero-order valence-corrected chi connectivity index (χ0v) is 8.88. The van der Waals surface area contributed by atoms with Crippen LogP contribution in [0, 0.1) is 19.3 Å². The molecule has 0 spiro atoms. The maximum absolute atomic E-state index is 5.19. The van der Waals surface area contributed by atoms with E-state index in [9.17, 15) is 0 Å². The van der Waals surface area contributed by atoms with Crippen LogP contribution in [-0.4, -0.2) is 6.54 Å². The van der Waals surface area contributed by atoms with Gasteiger partial charge >= 0.3 is 0 Å². The van der Waals surface area contributed by atoms with Crippen molar-refractivity contribution in [3.05, 3.63) is 35.4 Å². The van der Waals surface area contributed by atoms with E-state index in [0.29, 0.717) is 6.04 Å². The maximum Gasteiger partial charge on any atom is 0.0294 e. The van der Waals surface area contributed by atoms with Crippen LogP contribution in [0.25, 0.3) is 0 Å². The number of rotatable bonds is 4. The highest BCUT2D eigenvalue weighted by Crippen LogP contribution is 2.16. The number of nitrogens with one attached hydrogen (secondary N) is 1. The fourth-order valence-corrected chi connectivity index (χ4v) is 1.54. The number of hydrogen-bond acceptors (Lipinski definition) is 1. The summed E-state index contributed by atoms with van der Waals surface area (Å²) in [6, 6.07) is 8.80. The van der Waals surface area contributed by atoms with Crippen LogP contribution in [0.15, 0.2) is 24.3 Å². The van der Waals surface area contributed by atoms with E-state index in [1.165, 1.54) is 11.1 Å². The molecule has 0 aromatic heterocycles. The van der Waals surface area contributed by atoms with Gasteiger partial charge in [0.1, 0.15) is 0 Å². The van der Waals surface area contributed by atoms with Gasteiger partial charge in [0.25, 0.3) is 0 Å². The van der Waals surface area contributed by atoms with Crippen LogP contribution < -0.4 is 5.32 Å². The Labute approximate surface area is 86.5 Å². The van der Waals surface area contributed by atoms with Crippen LogP contribution in [0.2, 0.25) is 0 Å². The van der Waals surface area contributed by atoms with Gasteiger partial charge in [-0.3, -0.25) is 0 Å². The summed E-state index contributed by atoms with van der Waals surface area (Å²) in [5, 5.41) is 3.40. The van der Waals surface area contributed by atoms with Gasteiger partial charge in [0, 0.05) is 19.0 Å². The molecule has 0 fully saturated rings. The molecule has 14 heavy (non-hydrogen) atoms. The van der Waals surface area contributed by atoms with Gasteiger partial charge in [0.15, 0.2) is 0 Å². The van der Waals surface area contributed by atoms with Crippen molar-refractivity contribution in [3.63, 3.8) is 0 Å². The zero-order chi connectivity index (χ0) is 10.4. The van der Waals surface area contributed by atoms with Crippen molar-refractivity contribution in [2.45, 2.75) is 26.3 Å². The molecule has 1 nitrogen and oxygen atoms in total. The van der Waals surface area contributed by atoms with E-state index in [0.717, 1.165) is 13.0 Å². The summed E-state index contributed by atoms with van der Waals surface area (Å²) in [5.74, 6) is 2.63. The molecule has 0 bridgehead atoms. The lowest BCUT2D eigenvalue weighted by Crippen LogP contribution is -2.20. The van der Waals surface area contributed by atoms with E-state index in [-0.39, 0.29) is 0 Å². The van der Waals surface area contributed by atoms with Crippen molar-refractivity contribution in [2.75, 3.05) is 6.54 Å². The number of aryl methyl sites for hydroxylation is 1. The van der Waals surface area contributed by atoms with E-state index < -0.39 is 0 Å². The third-order valence-electron chi connectivity index (χ3n) is 2.37. The highest BCUT2D eigenvalue weighted by atomic mass is 14.9. The topological polar surface area (TPSA) is 12.0 Å². The Morgan fingerprint density at radius 1 is 1.43 bits per heavy atom. The summed E-state index contributed by atoms with van der Waals surface area (Å²) in [6.07, 6.45) is 5.98. The first-order valence-corrected chi connectivity index (χ1v) is 4.98. The molecular formula is C13H17N. The van der Waals surface area contributed by atoms with Crippen molar-refractivity contribution in [2.24, 2.45) is 0 Å². The minimum atomic E-state index is 0.379. The minimum absolute atomic E-state index is 0.379. The van der Waals surface area contributed by atoms with Gasteiger partial charge in [0.2, 0.25) is 0 Å². The summed E-state index contributed by atoms with van der Waals surface area (Å²) in [4.78, 5) is 0. The van der Waals surface area contributed by atoms with Gasteiger partial charge in [-0.25, -0.2) is 0 Å². The molecule has 0 saturated heterocycles. The summed E-state index contributed by atoms with van der Waals surface area (Å²) < 4.78 is 0. The van der Waals surface area contributed by atoms with Gasteiger partial charge < -0.3 is 5.32 Å². The van der Waals surface area contributed by atoms with Crippen molar-refractivity contribution in [3.8, 4) is 12.3 Å². The molecule has 0 saturated carbocycles. The third-order valence-corrected chi connectivity index (χ3v) is 2.37. The van der Waals surface area contributed by atoms with E-state index in [1.807, 2.05) is 0 Å². The highest BCUT2D eigenvalue weighted by Gasteiger charge is 2.05. The Bertz CT molecular complexity index is 322. The fourth-order valence-electron chi connectivity index (χ4n) is 1.54. The smallest absolute Gasteiger partial charge is 0.0294 e. The molecular weight excluding hydrogens is 170 g/mol. The first-order chi connectivity index (χ1) is 6.75. The van der Waals surface area contributed by atoms with Gasteiger partial charge in [-0.1, -0.05) is 24.3 Å². The summed E-state index contributed by atoms with van der Waals surface area (Å²) in [7, 11) is 0. The molecule has 74 valence electrons. The van der Waals surface area contributed by atoms with Gasteiger partial charge in [-0.2, -0.15) is 0 Å². The van der Waals surface area contributed by atoms with Gasteiger partial charge in [0.05, 0.1) is 0 Å². The average molecular weight is 187 g/mol. The van der Waals surface area contributed by atoms with Crippen molar-refractivity contribution < 1.29 is 0 Å². The second-order valence-electron chi connectivity index (χ2n) is 3.49. The lowest BCUT2D eigenvalue weighted by Gasteiger charge is -2.15. The molecule has 0 heterocycles. The standard InChI is InChI=1S/C13H17N/c1-4-5-10-14-12(3)13-9-7-6-8-11(13)2/h1,6-9,12,14H,5,10H2,2-3H3/t12-/m1/s1. The monoisotopic (exact) mass is 187 g/mol. The lowest BCUT2D eigenvalue weighted by molar-refractivity contribution is 0.581. The van der Waals surface area contributed by atoms with Gasteiger partial charge in [-0.15, -0.1) is 12.3 Å². The number of benzene rings is 1. The Hall–Kier alpha value is -1.26. The van der Waals surface area contributed by atoms with Crippen LogP contribution in [0.1, 0.15) is 30.5 Å². The fraction of sp³-hybridized carbons (Fsp3) is 0.385. The van der Waals surface area contributed by atoms with E-state index in [4.69, 9.17) is 6.42 Å². The Morgan fingerprint density at radius 3 is 2.79 bits per heavy atom. The molecule has 0 unspecified atom stereocenters. The molecule has 1 aromatic carbocycles. The third kappa shape index (κ3) is 2.90. The molecule has 0 aliphatic carbocycles. The molecule has 0 amide bonds. The Balaban J connectivity index is 2.57. The second-order valence-corrected chi connectivity index (χ2v) is 3.49. The van der Waals surface area contributed by atoms with Crippen LogP contribution in [0.3, 0.4) is 0 Å². The number of terminal acetylenes is 1. The summed E-state index contributed by atoms with van der Waals surface area (Å²) in [6.45, 7) is 5.18. The molecule has 0 aliphatic rings. The Kier molecular flexibility index (Phi) is 4.22. The average Bonchev–Trinajstić information content (AvgIpc) is 2.18. The minimum Gasteiger partial charge on any atom is -0.309 e. The SMILES string of the molecule is C#CCCN[C@H](C)c1ccccc1C. The molecule has 0 aliphatic heterocycles. The lowest BCUT2D eigenvalue weighted by atomic mass is 10.0. The van der Waals surface area contributed by atoms with Crippen molar-refractivity contribution in [1.82, 2.24) is 5.32 Å². The first kappa shape index (κ1) is 10.8. The molecule has 1 aromatic rings. The van der Waals surface area contributed by atoms with Crippen molar-refractivity contribution >= 4 is 0 Å². The predicted molar refractivity (Wildman–Crippen MR) is 61.0 cm³/mol. The molecule has 1 atom stereocenters. The summed E-state index contributed by atoms with van der Waals surface area (Å²) >= 11 is 0. The predicted octanol–water partition coefficient (Wildman–Crippen LogP) is 2.67. The highest BCUT2D eigenvalue weighted by molar-refractivity contribution is 5.28. The van der Waals surface area contributed by atoms with Crippen LogP contribution in [0.4, 0.5) is 0 Å². The van der Waals surface area contributed by atoms with Crippen LogP contribution in [0.5, 0.6) is 0 Å².